The van der Waals surface area contributed by atoms with Crippen LogP contribution in [-0.2, 0) is 20.6 Å². The van der Waals surface area contributed by atoms with Crippen LogP contribution < -0.4 is 14.7 Å². The Kier molecular flexibility index (Phi) is 8.41. The van der Waals surface area contributed by atoms with Crippen LogP contribution in [-0.4, -0.2) is 103 Å². The van der Waals surface area contributed by atoms with Gasteiger partial charge in [0.2, 0.25) is 11.8 Å². The largest absolute Gasteiger partial charge is 0.416 e. The fourth-order valence-corrected chi connectivity index (χ4v) is 6.42. The van der Waals surface area contributed by atoms with Crippen molar-refractivity contribution < 1.29 is 32.7 Å². The molecule has 5 rings (SSSR count). The number of fused-ring (bicyclic) bond motifs is 2. The predicted molar refractivity (Wildman–Crippen MR) is 155 cm³/mol. The van der Waals surface area contributed by atoms with Crippen molar-refractivity contribution in [1.82, 2.24) is 14.8 Å². The van der Waals surface area contributed by atoms with Gasteiger partial charge in [-0.15, -0.1) is 0 Å². The zero-order valence-corrected chi connectivity index (χ0v) is 24.8. The first-order chi connectivity index (χ1) is 20.3. The number of benzene rings is 1. The third kappa shape index (κ3) is 6.05. The van der Waals surface area contributed by atoms with Gasteiger partial charge in [-0.25, -0.2) is 4.98 Å². The number of alkyl halides is 3. The third-order valence-electron chi connectivity index (χ3n) is 8.60. The van der Waals surface area contributed by atoms with Crippen LogP contribution in [0.15, 0.2) is 30.3 Å². The van der Waals surface area contributed by atoms with Crippen molar-refractivity contribution in [3.63, 3.8) is 0 Å². The molecule has 3 aliphatic rings. The van der Waals surface area contributed by atoms with E-state index in [2.05, 4.69) is 14.8 Å². The van der Waals surface area contributed by atoms with Gasteiger partial charge in [0, 0.05) is 70.9 Å². The number of piperazine rings is 1. The zero-order valence-electron chi connectivity index (χ0n) is 24.8. The van der Waals surface area contributed by atoms with Crippen molar-refractivity contribution in [2.75, 3.05) is 67.6 Å². The summed E-state index contributed by atoms with van der Waals surface area (Å²) in [4.78, 5) is 52.6. The molecule has 2 fully saturated rings. The van der Waals surface area contributed by atoms with Crippen LogP contribution in [0.5, 0.6) is 0 Å². The van der Waals surface area contributed by atoms with Crippen LogP contribution in [0.3, 0.4) is 0 Å². The van der Waals surface area contributed by atoms with Crippen molar-refractivity contribution in [2.24, 2.45) is 5.92 Å². The highest BCUT2D eigenvalue weighted by Gasteiger charge is 2.49. The molecule has 1 N–H and O–H groups in total. The number of carbonyl (C=O) groups is 3. The van der Waals surface area contributed by atoms with E-state index in [4.69, 9.17) is 0 Å². The molecule has 13 heteroatoms. The van der Waals surface area contributed by atoms with E-state index in [9.17, 15) is 32.7 Å². The number of likely N-dealkylation sites (N-methyl/N-ethyl adjacent to an activating group) is 1. The molecule has 0 aliphatic carbocycles. The highest BCUT2D eigenvalue weighted by atomic mass is 19.4. The third-order valence-corrected chi connectivity index (χ3v) is 8.60. The first-order valence-corrected chi connectivity index (χ1v) is 14.5. The Morgan fingerprint density at radius 3 is 2.44 bits per heavy atom. The van der Waals surface area contributed by atoms with Gasteiger partial charge in [-0.3, -0.25) is 24.2 Å². The minimum Gasteiger partial charge on any atom is -0.384 e. The van der Waals surface area contributed by atoms with Crippen molar-refractivity contribution in [3.8, 4) is 0 Å². The van der Waals surface area contributed by atoms with Crippen LogP contribution in [0.1, 0.15) is 30.2 Å². The summed E-state index contributed by atoms with van der Waals surface area (Å²) in [5, 5.41) is 9.65. The van der Waals surface area contributed by atoms with Gasteiger partial charge in [-0.1, -0.05) is 12.1 Å². The Bertz CT molecular complexity index is 1410. The van der Waals surface area contributed by atoms with Gasteiger partial charge in [0.1, 0.15) is 18.0 Å². The van der Waals surface area contributed by atoms with Crippen molar-refractivity contribution in [1.29, 1.82) is 0 Å². The zero-order chi connectivity index (χ0) is 31.2. The Labute approximate surface area is 248 Å². The summed E-state index contributed by atoms with van der Waals surface area (Å²) in [5.41, 5.74) is 1.67. The molecule has 0 unspecified atom stereocenters. The molecule has 3 atom stereocenters. The lowest BCUT2D eigenvalue weighted by molar-refractivity contribution is -0.141. The summed E-state index contributed by atoms with van der Waals surface area (Å²) in [5.74, 6) is -1.75. The number of amides is 3. The molecule has 232 valence electrons. The van der Waals surface area contributed by atoms with Gasteiger partial charge in [0.05, 0.1) is 16.9 Å². The number of carbonyl (C=O) groups excluding carboxylic acids is 3. The van der Waals surface area contributed by atoms with E-state index < -0.39 is 35.7 Å². The summed E-state index contributed by atoms with van der Waals surface area (Å²) in [6, 6.07) is 6.40. The van der Waals surface area contributed by atoms with E-state index in [1.807, 2.05) is 25.1 Å². The van der Waals surface area contributed by atoms with E-state index in [1.165, 1.54) is 18.7 Å². The number of aryl methyl sites for hydroxylation is 2. The molecule has 1 aromatic heterocycles. The molecule has 1 aromatic carbocycles. The van der Waals surface area contributed by atoms with E-state index in [0.29, 0.717) is 51.5 Å². The SMILES string of the molecule is Cc1cc(C(F)(F)F)cc(N2C(=O)C[C@@H]3CN(CCN4CCN(C(=O)[C@@H](C)O)CC4)c4c(C)cccc4N(C)C(=O)[C@H]32)n1. The fourth-order valence-electron chi connectivity index (χ4n) is 6.42. The predicted octanol–water partition coefficient (Wildman–Crippen LogP) is 2.45. The van der Waals surface area contributed by atoms with E-state index in [1.54, 1.807) is 11.9 Å². The van der Waals surface area contributed by atoms with Crippen LogP contribution >= 0.6 is 0 Å². The molecule has 43 heavy (non-hydrogen) atoms. The minimum absolute atomic E-state index is 0.000928. The number of aliphatic hydroxyl groups excluding tert-OH is 1. The maximum absolute atomic E-state index is 14.0. The minimum atomic E-state index is -4.63. The van der Waals surface area contributed by atoms with Crippen LogP contribution in [0, 0.1) is 19.8 Å². The summed E-state index contributed by atoms with van der Waals surface area (Å²) in [6.45, 7) is 8.74. The smallest absolute Gasteiger partial charge is 0.384 e. The molecule has 0 radical (unpaired) electrons. The molecule has 0 bridgehead atoms. The average molecular weight is 603 g/mol. The van der Waals surface area contributed by atoms with Gasteiger partial charge in [0.25, 0.3) is 5.91 Å². The van der Waals surface area contributed by atoms with Gasteiger partial charge in [-0.05, 0) is 44.5 Å². The molecule has 3 amide bonds. The lowest BCUT2D eigenvalue weighted by Crippen LogP contribution is -2.54. The number of hydrogen-bond acceptors (Lipinski definition) is 7. The number of aliphatic hydroxyl groups is 1. The fraction of sp³-hybridized carbons (Fsp3) is 0.533. The second-order valence-electron chi connectivity index (χ2n) is 11.7. The van der Waals surface area contributed by atoms with Crippen molar-refractivity contribution in [2.45, 2.75) is 45.5 Å². The number of para-hydroxylation sites is 1. The number of anilines is 3. The highest BCUT2D eigenvalue weighted by Crippen LogP contribution is 2.41. The highest BCUT2D eigenvalue weighted by molar-refractivity contribution is 6.10. The molecule has 2 aromatic rings. The average Bonchev–Trinajstić information content (AvgIpc) is 3.28. The second kappa shape index (κ2) is 11.8. The molecule has 0 saturated carbocycles. The maximum atomic E-state index is 14.0. The summed E-state index contributed by atoms with van der Waals surface area (Å²) in [7, 11) is 1.63. The monoisotopic (exact) mass is 602 g/mol. The quantitative estimate of drug-likeness (QED) is 0.562. The summed E-state index contributed by atoms with van der Waals surface area (Å²) < 4.78 is 41.0. The Hall–Kier alpha value is -3.71. The number of pyridine rings is 1. The van der Waals surface area contributed by atoms with Crippen molar-refractivity contribution >= 4 is 34.9 Å². The standard InChI is InChI=1S/C30H37F3N6O4/c1-18-6-5-7-23-26(18)38(13-10-36-8-11-37(12-9-36)28(42)20(3)40)17-21-15-25(41)39(27(21)29(43)35(23)4)24-16-22(30(31,32)33)14-19(2)34-24/h5-7,14,16,20-21,27,40H,8-13,15,17H2,1-4H3/t20-,21-,27+/m1/s1. The van der Waals surface area contributed by atoms with Gasteiger partial charge < -0.3 is 19.8 Å². The first-order valence-electron chi connectivity index (χ1n) is 14.5. The van der Waals surface area contributed by atoms with E-state index in [-0.39, 0.29) is 29.7 Å². The topological polar surface area (TPSA) is 101 Å². The summed E-state index contributed by atoms with van der Waals surface area (Å²) >= 11 is 0. The molecule has 0 spiro atoms. The summed E-state index contributed by atoms with van der Waals surface area (Å²) in [6.07, 6.45) is -5.67. The van der Waals surface area contributed by atoms with E-state index in [0.717, 1.165) is 28.3 Å². The van der Waals surface area contributed by atoms with Crippen molar-refractivity contribution in [3.05, 3.63) is 47.2 Å². The number of rotatable bonds is 5. The second-order valence-corrected chi connectivity index (χ2v) is 11.7. The molecule has 10 nitrogen and oxygen atoms in total. The lowest BCUT2D eigenvalue weighted by Gasteiger charge is -2.41. The van der Waals surface area contributed by atoms with Gasteiger partial charge in [-0.2, -0.15) is 13.2 Å². The number of aromatic nitrogens is 1. The normalized spacial score (nSPS) is 22.3. The van der Waals surface area contributed by atoms with Gasteiger partial charge >= 0.3 is 6.18 Å². The Morgan fingerprint density at radius 2 is 1.79 bits per heavy atom. The maximum Gasteiger partial charge on any atom is 0.416 e. The van der Waals surface area contributed by atoms with Gasteiger partial charge in [0.15, 0.2) is 0 Å². The molecule has 4 heterocycles. The van der Waals surface area contributed by atoms with Crippen LogP contribution in [0.2, 0.25) is 0 Å². The molecule has 3 aliphatic heterocycles. The van der Waals surface area contributed by atoms with Crippen LogP contribution in [0.25, 0.3) is 0 Å². The van der Waals surface area contributed by atoms with Crippen LogP contribution in [0.4, 0.5) is 30.4 Å². The number of hydrogen-bond donors (Lipinski definition) is 1. The molecular weight excluding hydrogens is 565 g/mol. The first kappa shape index (κ1) is 30.7. The molecular formula is C30H37F3N6O4. The number of halogens is 3. The lowest BCUT2D eigenvalue weighted by atomic mass is 9.95. The molecule has 2 saturated heterocycles. The van der Waals surface area contributed by atoms with E-state index >= 15 is 0 Å². The Morgan fingerprint density at radius 1 is 1.09 bits per heavy atom. The Balaban J connectivity index is 1.44. The number of nitrogens with zero attached hydrogens (tertiary/aromatic N) is 6.